The number of carbonyl (C=O) groups is 3. The number of carbonyl (C=O) groups excluding carboxylic acids is 2. The van der Waals surface area contributed by atoms with Crippen LogP contribution >= 0.6 is 15.9 Å². The normalized spacial score (nSPS) is 19.0. The van der Waals surface area contributed by atoms with E-state index in [1.165, 1.54) is 0 Å². The zero-order chi connectivity index (χ0) is 17.1. The molecule has 2 unspecified atom stereocenters. The Balaban J connectivity index is 2.09. The Morgan fingerprint density at radius 2 is 2.00 bits per heavy atom. The molecule has 1 aliphatic rings. The van der Waals surface area contributed by atoms with Crippen molar-refractivity contribution in [3.8, 4) is 0 Å². The number of hydrogen-bond acceptors (Lipinski definition) is 3. The highest BCUT2D eigenvalue weighted by Crippen LogP contribution is 2.31. The molecular weight excluding hydrogens is 364 g/mol. The van der Waals surface area contributed by atoms with E-state index in [0.29, 0.717) is 5.69 Å². The van der Waals surface area contributed by atoms with E-state index in [-0.39, 0.29) is 24.8 Å². The van der Waals surface area contributed by atoms with Crippen LogP contribution in [0.3, 0.4) is 0 Å². The van der Waals surface area contributed by atoms with Crippen molar-refractivity contribution in [2.45, 2.75) is 26.3 Å². The number of nitrogens with one attached hydrogen (secondary N) is 1. The van der Waals surface area contributed by atoms with Crippen LogP contribution in [-0.2, 0) is 14.4 Å². The zero-order valence-corrected chi connectivity index (χ0v) is 14.5. The molecule has 23 heavy (non-hydrogen) atoms. The Labute approximate surface area is 143 Å². The van der Waals surface area contributed by atoms with E-state index in [0.717, 1.165) is 4.47 Å². The first-order valence-electron chi connectivity index (χ1n) is 7.39. The van der Waals surface area contributed by atoms with Crippen LogP contribution in [0, 0.1) is 11.8 Å². The average molecular weight is 383 g/mol. The molecule has 0 aliphatic carbocycles. The first-order chi connectivity index (χ1) is 10.8. The Kier molecular flexibility index (Phi) is 5.41. The van der Waals surface area contributed by atoms with Crippen molar-refractivity contribution in [3.05, 3.63) is 28.7 Å². The van der Waals surface area contributed by atoms with Gasteiger partial charge in [-0.05, 0) is 34.0 Å². The van der Waals surface area contributed by atoms with Gasteiger partial charge in [0.15, 0.2) is 0 Å². The molecule has 1 heterocycles. The second kappa shape index (κ2) is 7.12. The Morgan fingerprint density at radius 1 is 1.35 bits per heavy atom. The fourth-order valence-corrected chi connectivity index (χ4v) is 3.07. The molecule has 1 saturated heterocycles. The highest BCUT2D eigenvalue weighted by molar-refractivity contribution is 9.10. The number of amides is 2. The Bertz CT molecular complexity index is 632. The molecule has 0 saturated carbocycles. The standard InChI is InChI=1S/C16H19BrN2O4/c1-9(2)14(16(22)23)18-15(21)10-7-13(20)19(8-10)12-6-4-3-5-11(12)17/h3-6,9-10,14H,7-8H2,1-2H3,(H,18,21)(H,22,23). The first kappa shape index (κ1) is 17.5. The minimum atomic E-state index is -1.07. The number of carboxylic acid groups (broad SMARTS) is 1. The Hall–Kier alpha value is -1.89. The van der Waals surface area contributed by atoms with Crippen LogP contribution in [0.25, 0.3) is 0 Å². The predicted octanol–water partition coefficient (Wildman–Crippen LogP) is 2.03. The number of carboxylic acids is 1. The molecule has 6 nitrogen and oxygen atoms in total. The van der Waals surface area contributed by atoms with Gasteiger partial charge in [-0.3, -0.25) is 9.59 Å². The lowest BCUT2D eigenvalue weighted by Crippen LogP contribution is -2.47. The van der Waals surface area contributed by atoms with Gasteiger partial charge in [0.2, 0.25) is 11.8 Å². The maximum absolute atomic E-state index is 12.3. The van der Waals surface area contributed by atoms with E-state index in [2.05, 4.69) is 21.2 Å². The molecule has 0 radical (unpaired) electrons. The third kappa shape index (κ3) is 3.90. The minimum Gasteiger partial charge on any atom is -0.480 e. The summed E-state index contributed by atoms with van der Waals surface area (Å²) in [6.07, 6.45) is 0.0810. The highest BCUT2D eigenvalue weighted by atomic mass is 79.9. The summed E-state index contributed by atoms with van der Waals surface area (Å²) in [6.45, 7) is 3.70. The monoisotopic (exact) mass is 382 g/mol. The molecule has 1 aromatic carbocycles. The quantitative estimate of drug-likeness (QED) is 0.815. The lowest BCUT2D eigenvalue weighted by atomic mass is 10.0. The maximum Gasteiger partial charge on any atom is 0.326 e. The van der Waals surface area contributed by atoms with E-state index in [1.54, 1.807) is 24.8 Å². The van der Waals surface area contributed by atoms with E-state index >= 15 is 0 Å². The van der Waals surface area contributed by atoms with E-state index in [4.69, 9.17) is 5.11 Å². The van der Waals surface area contributed by atoms with Gasteiger partial charge in [0.25, 0.3) is 0 Å². The highest BCUT2D eigenvalue weighted by Gasteiger charge is 2.37. The zero-order valence-electron chi connectivity index (χ0n) is 13.0. The molecule has 2 atom stereocenters. The molecule has 0 spiro atoms. The van der Waals surface area contributed by atoms with Crippen molar-refractivity contribution in [2.24, 2.45) is 11.8 Å². The van der Waals surface area contributed by atoms with Crippen LogP contribution in [0.5, 0.6) is 0 Å². The van der Waals surface area contributed by atoms with Gasteiger partial charge in [-0.15, -0.1) is 0 Å². The number of benzene rings is 1. The van der Waals surface area contributed by atoms with Gasteiger partial charge in [0.05, 0.1) is 11.6 Å². The molecule has 1 fully saturated rings. The smallest absolute Gasteiger partial charge is 0.326 e. The topological polar surface area (TPSA) is 86.7 Å². The molecule has 7 heteroatoms. The average Bonchev–Trinajstić information content (AvgIpc) is 2.86. The van der Waals surface area contributed by atoms with E-state index in [1.807, 2.05) is 18.2 Å². The SMILES string of the molecule is CC(C)C(NC(=O)C1CC(=O)N(c2ccccc2Br)C1)C(=O)O. The molecule has 2 rings (SSSR count). The van der Waals surface area contributed by atoms with Crippen molar-refractivity contribution in [1.29, 1.82) is 0 Å². The summed E-state index contributed by atoms with van der Waals surface area (Å²) in [5.74, 6) is -2.38. The summed E-state index contributed by atoms with van der Waals surface area (Å²) >= 11 is 3.40. The number of aliphatic carboxylic acids is 1. The van der Waals surface area contributed by atoms with Crippen molar-refractivity contribution < 1.29 is 19.5 Å². The van der Waals surface area contributed by atoms with Gasteiger partial charge >= 0.3 is 5.97 Å². The predicted molar refractivity (Wildman–Crippen MR) is 89.0 cm³/mol. The number of halogens is 1. The summed E-state index contributed by atoms with van der Waals surface area (Å²) in [5.41, 5.74) is 0.714. The molecular formula is C16H19BrN2O4. The fraction of sp³-hybridized carbons (Fsp3) is 0.438. The maximum atomic E-state index is 12.3. The van der Waals surface area contributed by atoms with Gasteiger partial charge in [0.1, 0.15) is 6.04 Å². The number of anilines is 1. The van der Waals surface area contributed by atoms with Crippen LogP contribution < -0.4 is 10.2 Å². The van der Waals surface area contributed by atoms with Crippen LogP contribution in [0.2, 0.25) is 0 Å². The molecule has 0 aromatic heterocycles. The molecule has 0 bridgehead atoms. The van der Waals surface area contributed by atoms with Gasteiger partial charge in [0, 0.05) is 17.4 Å². The number of para-hydroxylation sites is 1. The summed E-state index contributed by atoms with van der Waals surface area (Å²) in [4.78, 5) is 37.3. The second-order valence-electron chi connectivity index (χ2n) is 5.93. The van der Waals surface area contributed by atoms with E-state index < -0.39 is 23.8 Å². The number of rotatable bonds is 5. The Morgan fingerprint density at radius 3 is 2.57 bits per heavy atom. The van der Waals surface area contributed by atoms with Crippen molar-refractivity contribution >= 4 is 39.4 Å². The fourth-order valence-electron chi connectivity index (χ4n) is 2.57. The minimum absolute atomic E-state index is 0.0810. The second-order valence-corrected chi connectivity index (χ2v) is 6.78. The third-order valence-electron chi connectivity index (χ3n) is 3.87. The molecule has 124 valence electrons. The van der Waals surface area contributed by atoms with Gasteiger partial charge in [-0.2, -0.15) is 0 Å². The molecule has 2 N–H and O–H groups in total. The van der Waals surface area contributed by atoms with Crippen LogP contribution in [-0.4, -0.2) is 35.5 Å². The molecule has 1 aromatic rings. The van der Waals surface area contributed by atoms with Gasteiger partial charge in [-0.1, -0.05) is 26.0 Å². The molecule has 1 aliphatic heterocycles. The lowest BCUT2D eigenvalue weighted by Gasteiger charge is -2.21. The first-order valence-corrected chi connectivity index (χ1v) is 8.18. The van der Waals surface area contributed by atoms with Crippen LogP contribution in [0.4, 0.5) is 5.69 Å². The largest absolute Gasteiger partial charge is 0.480 e. The van der Waals surface area contributed by atoms with Crippen molar-refractivity contribution in [3.63, 3.8) is 0 Å². The summed E-state index contributed by atoms with van der Waals surface area (Å²) < 4.78 is 0.778. The molecule has 2 amide bonds. The van der Waals surface area contributed by atoms with Gasteiger partial charge in [-0.25, -0.2) is 4.79 Å². The summed E-state index contributed by atoms with van der Waals surface area (Å²) in [5, 5.41) is 11.7. The van der Waals surface area contributed by atoms with E-state index in [9.17, 15) is 14.4 Å². The summed E-state index contributed by atoms with van der Waals surface area (Å²) in [7, 11) is 0. The lowest BCUT2D eigenvalue weighted by molar-refractivity contribution is -0.143. The van der Waals surface area contributed by atoms with Crippen molar-refractivity contribution in [2.75, 3.05) is 11.4 Å². The van der Waals surface area contributed by atoms with Crippen LogP contribution in [0.1, 0.15) is 20.3 Å². The van der Waals surface area contributed by atoms with Gasteiger partial charge < -0.3 is 15.3 Å². The number of nitrogens with zero attached hydrogens (tertiary/aromatic N) is 1. The van der Waals surface area contributed by atoms with Crippen molar-refractivity contribution in [1.82, 2.24) is 5.32 Å². The summed E-state index contributed by atoms with van der Waals surface area (Å²) in [6, 6.07) is 6.35. The van der Waals surface area contributed by atoms with Crippen LogP contribution in [0.15, 0.2) is 28.7 Å². The third-order valence-corrected chi connectivity index (χ3v) is 4.54. The number of hydrogen-bond donors (Lipinski definition) is 2.